The lowest BCUT2D eigenvalue weighted by molar-refractivity contribution is -0.126. The Morgan fingerprint density at radius 1 is 1.28 bits per heavy atom. The number of benzene rings is 1. The summed E-state index contributed by atoms with van der Waals surface area (Å²) in [5.74, 6) is -0.444. The number of aromatic nitrogens is 1. The molecule has 7 nitrogen and oxygen atoms in total. The second-order valence-corrected chi connectivity index (χ2v) is 7.73. The standard InChI is InChI=1S/C23H27F2N3O4/c1-14-11-26-18(15(2)20(14)31-3)12-27-21(29)16-7-6-10-28(13-16)22(30)17-8-4-5-9-19(17)32-23(24)25/h4-5,8-9,11,16,23H,6-7,10,12-13H2,1-3H3,(H,27,29). The highest BCUT2D eigenvalue weighted by atomic mass is 19.3. The molecule has 1 aromatic heterocycles. The van der Waals surface area contributed by atoms with E-state index in [9.17, 15) is 18.4 Å². The zero-order valence-corrected chi connectivity index (χ0v) is 18.4. The van der Waals surface area contributed by atoms with Crippen LogP contribution in [0.15, 0.2) is 30.5 Å². The van der Waals surface area contributed by atoms with E-state index in [-0.39, 0.29) is 30.3 Å². The largest absolute Gasteiger partial charge is 0.496 e. The molecule has 32 heavy (non-hydrogen) atoms. The second kappa shape index (κ2) is 10.4. The maximum Gasteiger partial charge on any atom is 0.387 e. The van der Waals surface area contributed by atoms with Crippen LogP contribution >= 0.6 is 0 Å². The van der Waals surface area contributed by atoms with Crippen LogP contribution < -0.4 is 14.8 Å². The van der Waals surface area contributed by atoms with E-state index in [4.69, 9.17) is 4.74 Å². The van der Waals surface area contributed by atoms with E-state index in [1.807, 2.05) is 13.8 Å². The number of nitrogens with zero attached hydrogens (tertiary/aromatic N) is 2. The van der Waals surface area contributed by atoms with Crippen molar-refractivity contribution in [3.8, 4) is 11.5 Å². The maximum atomic E-state index is 12.9. The van der Waals surface area contributed by atoms with Crippen LogP contribution in [0.25, 0.3) is 0 Å². The highest BCUT2D eigenvalue weighted by Crippen LogP contribution is 2.26. The summed E-state index contributed by atoms with van der Waals surface area (Å²) in [7, 11) is 1.59. The molecule has 2 aromatic rings. The normalized spacial score (nSPS) is 16.1. The molecule has 3 rings (SSSR count). The molecule has 1 saturated heterocycles. The molecule has 0 bridgehead atoms. The summed E-state index contributed by atoms with van der Waals surface area (Å²) in [5, 5.41) is 2.90. The van der Waals surface area contributed by atoms with E-state index in [0.717, 1.165) is 16.9 Å². The zero-order valence-electron chi connectivity index (χ0n) is 18.4. The van der Waals surface area contributed by atoms with Crippen molar-refractivity contribution in [2.24, 2.45) is 5.92 Å². The van der Waals surface area contributed by atoms with Gasteiger partial charge in [0, 0.05) is 30.4 Å². The fourth-order valence-electron chi connectivity index (χ4n) is 3.95. The molecule has 0 spiro atoms. The number of ether oxygens (including phenoxy) is 2. The van der Waals surface area contributed by atoms with Crippen molar-refractivity contribution in [3.05, 3.63) is 52.8 Å². The minimum absolute atomic E-state index is 0.0560. The van der Waals surface area contributed by atoms with E-state index in [0.29, 0.717) is 25.1 Å². The van der Waals surface area contributed by atoms with Crippen molar-refractivity contribution in [2.45, 2.75) is 39.8 Å². The summed E-state index contributed by atoms with van der Waals surface area (Å²) < 4.78 is 35.2. The third kappa shape index (κ3) is 5.33. The predicted octanol–water partition coefficient (Wildman–Crippen LogP) is 3.48. The van der Waals surface area contributed by atoms with Crippen LogP contribution in [0, 0.1) is 19.8 Å². The SMILES string of the molecule is COc1c(C)cnc(CNC(=O)C2CCCN(C(=O)c3ccccc3OC(F)F)C2)c1C. The summed E-state index contributed by atoms with van der Waals surface area (Å²) in [4.78, 5) is 31.6. The van der Waals surface area contributed by atoms with Gasteiger partial charge in [-0.05, 0) is 38.8 Å². The van der Waals surface area contributed by atoms with Gasteiger partial charge in [0.15, 0.2) is 0 Å². The Hall–Kier alpha value is -3.23. The molecule has 1 atom stereocenters. The minimum atomic E-state index is -3.03. The average Bonchev–Trinajstić information content (AvgIpc) is 2.78. The number of amides is 2. The van der Waals surface area contributed by atoms with E-state index >= 15 is 0 Å². The van der Waals surface area contributed by atoms with Crippen molar-refractivity contribution >= 4 is 11.8 Å². The summed E-state index contributed by atoms with van der Waals surface area (Å²) >= 11 is 0. The molecular weight excluding hydrogens is 420 g/mol. The minimum Gasteiger partial charge on any atom is -0.496 e. The number of halogens is 2. The number of hydrogen-bond donors (Lipinski definition) is 1. The highest BCUT2D eigenvalue weighted by molar-refractivity contribution is 5.97. The van der Waals surface area contributed by atoms with E-state index < -0.39 is 18.4 Å². The molecule has 1 aliphatic rings. The molecule has 0 aliphatic carbocycles. The summed E-state index contributed by atoms with van der Waals surface area (Å²) in [6.07, 6.45) is 2.97. The molecule has 172 valence electrons. The van der Waals surface area contributed by atoms with E-state index in [2.05, 4.69) is 15.0 Å². The Balaban J connectivity index is 1.65. The number of para-hydroxylation sites is 1. The third-order valence-electron chi connectivity index (χ3n) is 5.59. The van der Waals surface area contributed by atoms with E-state index in [1.165, 1.54) is 23.1 Å². The van der Waals surface area contributed by atoms with Crippen LogP contribution in [-0.2, 0) is 11.3 Å². The quantitative estimate of drug-likeness (QED) is 0.703. The molecule has 0 saturated carbocycles. The fourth-order valence-corrected chi connectivity index (χ4v) is 3.95. The first-order chi connectivity index (χ1) is 15.3. The van der Waals surface area contributed by atoms with Crippen LogP contribution in [0.2, 0.25) is 0 Å². The Morgan fingerprint density at radius 2 is 2.03 bits per heavy atom. The lowest BCUT2D eigenvalue weighted by atomic mass is 9.96. The molecule has 1 N–H and O–H groups in total. The topological polar surface area (TPSA) is 80.8 Å². The number of hydrogen-bond acceptors (Lipinski definition) is 5. The predicted molar refractivity (Wildman–Crippen MR) is 114 cm³/mol. The van der Waals surface area contributed by atoms with Gasteiger partial charge in [-0.1, -0.05) is 12.1 Å². The summed E-state index contributed by atoms with van der Waals surface area (Å²) in [6, 6.07) is 5.89. The lowest BCUT2D eigenvalue weighted by Gasteiger charge is -2.32. The number of aryl methyl sites for hydroxylation is 1. The summed E-state index contributed by atoms with van der Waals surface area (Å²) in [6.45, 7) is 1.66. The van der Waals surface area contributed by atoms with Crippen molar-refractivity contribution in [1.82, 2.24) is 15.2 Å². The Labute approximate surface area is 185 Å². The van der Waals surface area contributed by atoms with Gasteiger partial charge in [0.1, 0.15) is 11.5 Å². The molecule has 0 radical (unpaired) electrons. The molecule has 2 amide bonds. The molecule has 1 unspecified atom stereocenters. The molecule has 1 aliphatic heterocycles. The first-order valence-corrected chi connectivity index (χ1v) is 10.4. The van der Waals surface area contributed by atoms with Gasteiger partial charge in [-0.15, -0.1) is 0 Å². The third-order valence-corrected chi connectivity index (χ3v) is 5.59. The van der Waals surface area contributed by atoms with Crippen molar-refractivity contribution in [1.29, 1.82) is 0 Å². The van der Waals surface area contributed by atoms with Crippen LogP contribution in [-0.4, -0.2) is 48.5 Å². The lowest BCUT2D eigenvalue weighted by Crippen LogP contribution is -2.45. The number of carbonyl (C=O) groups excluding carboxylic acids is 2. The number of carbonyl (C=O) groups is 2. The number of nitrogens with one attached hydrogen (secondary N) is 1. The van der Waals surface area contributed by atoms with Gasteiger partial charge in [0.2, 0.25) is 5.91 Å². The zero-order chi connectivity index (χ0) is 23.3. The number of likely N-dealkylation sites (tertiary alicyclic amines) is 1. The van der Waals surface area contributed by atoms with Gasteiger partial charge in [-0.2, -0.15) is 8.78 Å². The second-order valence-electron chi connectivity index (χ2n) is 7.73. The number of piperidine rings is 1. The van der Waals surface area contributed by atoms with E-state index in [1.54, 1.807) is 19.4 Å². The maximum absolute atomic E-state index is 12.9. The first-order valence-electron chi connectivity index (χ1n) is 10.4. The van der Waals surface area contributed by atoms with Gasteiger partial charge >= 0.3 is 6.61 Å². The van der Waals surface area contributed by atoms with Gasteiger partial charge in [-0.25, -0.2) is 0 Å². The molecular formula is C23H27F2N3O4. The van der Waals surface area contributed by atoms with Crippen molar-refractivity contribution in [2.75, 3.05) is 20.2 Å². The number of pyridine rings is 1. The van der Waals surface area contributed by atoms with Gasteiger partial charge in [0.25, 0.3) is 5.91 Å². The highest BCUT2D eigenvalue weighted by Gasteiger charge is 2.30. The van der Waals surface area contributed by atoms with Crippen LogP contribution in [0.1, 0.15) is 40.0 Å². The monoisotopic (exact) mass is 447 g/mol. The molecule has 1 aromatic carbocycles. The molecule has 9 heteroatoms. The van der Waals surface area contributed by atoms with Gasteiger partial charge in [-0.3, -0.25) is 14.6 Å². The van der Waals surface area contributed by atoms with Crippen LogP contribution in [0.3, 0.4) is 0 Å². The molecule has 1 fully saturated rings. The van der Waals surface area contributed by atoms with Crippen molar-refractivity contribution in [3.63, 3.8) is 0 Å². The fraction of sp³-hybridized carbons (Fsp3) is 0.435. The van der Waals surface area contributed by atoms with Crippen LogP contribution in [0.5, 0.6) is 11.5 Å². The van der Waals surface area contributed by atoms with Crippen LogP contribution in [0.4, 0.5) is 8.78 Å². The first kappa shape index (κ1) is 23.4. The van der Waals surface area contributed by atoms with Gasteiger partial charge in [0.05, 0.1) is 30.8 Å². The smallest absolute Gasteiger partial charge is 0.387 e. The number of rotatable bonds is 7. The number of methoxy groups -OCH3 is 1. The number of alkyl halides is 2. The van der Waals surface area contributed by atoms with Gasteiger partial charge < -0.3 is 19.7 Å². The Bertz CT molecular complexity index is 984. The summed E-state index contributed by atoms with van der Waals surface area (Å²) in [5.41, 5.74) is 2.55. The average molecular weight is 447 g/mol. The van der Waals surface area contributed by atoms with Crippen molar-refractivity contribution < 1.29 is 27.8 Å². The Kier molecular flexibility index (Phi) is 7.61. The Morgan fingerprint density at radius 3 is 2.75 bits per heavy atom. The molecule has 2 heterocycles.